The molecule has 0 saturated carbocycles. The first-order valence-electron chi connectivity index (χ1n) is 7.80. The molecule has 1 aliphatic heterocycles. The van der Waals surface area contributed by atoms with Gasteiger partial charge in [-0.05, 0) is 44.7 Å². The number of aromatic nitrogens is 1. The molecular formula is C17H26N4. The second kappa shape index (κ2) is 6.08. The van der Waals surface area contributed by atoms with Crippen LogP contribution in [0.3, 0.4) is 0 Å². The van der Waals surface area contributed by atoms with Crippen molar-refractivity contribution in [1.82, 2.24) is 14.4 Å². The quantitative estimate of drug-likeness (QED) is 0.854. The minimum atomic E-state index is 1.04. The summed E-state index contributed by atoms with van der Waals surface area (Å²) in [5, 5.41) is 1.34. The third-order valence-corrected chi connectivity index (χ3v) is 4.41. The van der Waals surface area contributed by atoms with Crippen LogP contribution in [0.1, 0.15) is 0 Å². The van der Waals surface area contributed by atoms with Crippen LogP contribution in [0.4, 0.5) is 5.69 Å². The van der Waals surface area contributed by atoms with Gasteiger partial charge in [-0.15, -0.1) is 0 Å². The number of fused-ring (bicyclic) bond motifs is 1. The van der Waals surface area contributed by atoms with E-state index >= 15 is 0 Å². The highest BCUT2D eigenvalue weighted by Gasteiger charge is 2.15. The Hall–Kier alpha value is -1.52. The summed E-state index contributed by atoms with van der Waals surface area (Å²) in [5.41, 5.74) is 2.72. The minimum absolute atomic E-state index is 1.04. The number of hydrogen-bond donors (Lipinski definition) is 0. The predicted molar refractivity (Wildman–Crippen MR) is 90.2 cm³/mol. The number of piperazine rings is 1. The second-order valence-electron chi connectivity index (χ2n) is 6.35. The normalized spacial score (nSPS) is 17.0. The van der Waals surface area contributed by atoms with Gasteiger partial charge in [0.1, 0.15) is 0 Å². The first-order chi connectivity index (χ1) is 10.1. The van der Waals surface area contributed by atoms with Crippen LogP contribution < -0.4 is 4.90 Å². The third kappa shape index (κ3) is 3.22. The van der Waals surface area contributed by atoms with Gasteiger partial charge >= 0.3 is 0 Å². The maximum Gasteiger partial charge on any atom is 0.0501 e. The molecule has 1 saturated heterocycles. The highest BCUT2D eigenvalue weighted by Crippen LogP contribution is 2.24. The van der Waals surface area contributed by atoms with Crippen molar-refractivity contribution < 1.29 is 0 Å². The zero-order valence-corrected chi connectivity index (χ0v) is 13.4. The van der Waals surface area contributed by atoms with Gasteiger partial charge in [-0.3, -0.25) is 0 Å². The molecule has 0 spiro atoms. The molecule has 1 aliphatic rings. The van der Waals surface area contributed by atoms with E-state index in [1.54, 1.807) is 0 Å². The van der Waals surface area contributed by atoms with Crippen molar-refractivity contribution in [2.75, 3.05) is 58.8 Å². The number of nitrogens with zero attached hydrogens (tertiary/aromatic N) is 4. The lowest BCUT2D eigenvalue weighted by Crippen LogP contribution is -2.44. The predicted octanol–water partition coefficient (Wildman–Crippen LogP) is 1.95. The van der Waals surface area contributed by atoms with E-state index in [0.717, 1.165) is 39.3 Å². The fourth-order valence-corrected chi connectivity index (χ4v) is 2.94. The first kappa shape index (κ1) is 14.4. The molecule has 114 valence electrons. The van der Waals surface area contributed by atoms with E-state index in [9.17, 15) is 0 Å². The number of likely N-dealkylation sites (N-methyl/N-ethyl adjacent to an activating group) is 2. The fraction of sp³-hybridized carbons (Fsp3) is 0.529. The van der Waals surface area contributed by atoms with Crippen molar-refractivity contribution >= 4 is 16.6 Å². The van der Waals surface area contributed by atoms with E-state index in [2.05, 4.69) is 70.9 Å². The number of rotatable bonds is 4. The van der Waals surface area contributed by atoms with Crippen molar-refractivity contribution in [3.05, 3.63) is 30.5 Å². The average molecular weight is 286 g/mol. The summed E-state index contributed by atoms with van der Waals surface area (Å²) < 4.78 is 2.37. The molecule has 0 bridgehead atoms. The van der Waals surface area contributed by atoms with Gasteiger partial charge in [-0.2, -0.15) is 0 Å². The standard InChI is InChI=1S/C17H26N4/c1-18(2)8-11-21-7-6-15-4-5-16(14-17(15)21)20-12-9-19(3)10-13-20/h4-7,14H,8-13H2,1-3H3. The summed E-state index contributed by atoms with van der Waals surface area (Å²) in [4.78, 5) is 7.13. The monoisotopic (exact) mass is 286 g/mol. The van der Waals surface area contributed by atoms with Crippen molar-refractivity contribution in [3.63, 3.8) is 0 Å². The molecule has 1 aromatic carbocycles. The average Bonchev–Trinajstić information content (AvgIpc) is 2.88. The molecule has 21 heavy (non-hydrogen) atoms. The van der Waals surface area contributed by atoms with Crippen LogP contribution in [0.25, 0.3) is 10.9 Å². The van der Waals surface area contributed by atoms with Crippen LogP contribution in [0, 0.1) is 0 Å². The molecular weight excluding hydrogens is 260 g/mol. The van der Waals surface area contributed by atoms with E-state index in [0.29, 0.717) is 0 Å². The van der Waals surface area contributed by atoms with Crippen molar-refractivity contribution in [1.29, 1.82) is 0 Å². The summed E-state index contributed by atoms with van der Waals surface area (Å²) in [6, 6.07) is 9.11. The van der Waals surface area contributed by atoms with Crippen LogP contribution >= 0.6 is 0 Å². The highest BCUT2D eigenvalue weighted by atomic mass is 15.2. The van der Waals surface area contributed by atoms with Gasteiger partial charge in [-0.1, -0.05) is 6.07 Å². The Kier molecular flexibility index (Phi) is 4.17. The van der Waals surface area contributed by atoms with Crippen LogP contribution in [0.15, 0.2) is 30.5 Å². The molecule has 2 heterocycles. The summed E-state index contributed by atoms with van der Waals surface area (Å²) >= 11 is 0. The summed E-state index contributed by atoms with van der Waals surface area (Å²) in [5.74, 6) is 0. The van der Waals surface area contributed by atoms with E-state index in [4.69, 9.17) is 0 Å². The van der Waals surface area contributed by atoms with E-state index in [1.165, 1.54) is 16.6 Å². The minimum Gasteiger partial charge on any atom is -0.369 e. The van der Waals surface area contributed by atoms with Crippen molar-refractivity contribution in [2.24, 2.45) is 0 Å². The molecule has 0 amide bonds. The SMILES string of the molecule is CN(C)CCn1ccc2ccc(N3CCN(C)CC3)cc21. The Morgan fingerprint density at radius 1 is 1.05 bits per heavy atom. The van der Waals surface area contributed by atoms with Gasteiger partial charge in [0, 0.05) is 51.2 Å². The maximum absolute atomic E-state index is 2.50. The molecule has 3 rings (SSSR count). The van der Waals surface area contributed by atoms with Crippen LogP contribution in [0.5, 0.6) is 0 Å². The molecule has 0 N–H and O–H groups in total. The van der Waals surface area contributed by atoms with Crippen molar-refractivity contribution in [2.45, 2.75) is 6.54 Å². The molecule has 0 atom stereocenters. The van der Waals surface area contributed by atoms with Gasteiger partial charge in [0.2, 0.25) is 0 Å². The molecule has 1 fully saturated rings. The molecule has 4 nitrogen and oxygen atoms in total. The molecule has 2 aromatic rings. The zero-order chi connectivity index (χ0) is 14.8. The Morgan fingerprint density at radius 2 is 1.81 bits per heavy atom. The first-order valence-corrected chi connectivity index (χ1v) is 7.80. The highest BCUT2D eigenvalue weighted by molar-refractivity contribution is 5.84. The summed E-state index contributed by atoms with van der Waals surface area (Å²) in [6.07, 6.45) is 2.21. The number of benzene rings is 1. The Morgan fingerprint density at radius 3 is 2.52 bits per heavy atom. The lowest BCUT2D eigenvalue weighted by Gasteiger charge is -2.34. The lowest BCUT2D eigenvalue weighted by molar-refractivity contribution is 0.313. The Bertz CT molecular complexity index is 594. The van der Waals surface area contributed by atoms with Crippen LogP contribution in [0.2, 0.25) is 0 Å². The van der Waals surface area contributed by atoms with Gasteiger partial charge in [-0.25, -0.2) is 0 Å². The van der Waals surface area contributed by atoms with Gasteiger partial charge < -0.3 is 19.3 Å². The summed E-state index contributed by atoms with van der Waals surface area (Å²) in [7, 11) is 6.45. The maximum atomic E-state index is 2.50. The summed E-state index contributed by atoms with van der Waals surface area (Å²) in [6.45, 7) is 6.67. The number of hydrogen-bond acceptors (Lipinski definition) is 3. The van der Waals surface area contributed by atoms with Crippen LogP contribution in [-0.2, 0) is 6.54 Å². The van der Waals surface area contributed by atoms with Crippen molar-refractivity contribution in [3.8, 4) is 0 Å². The molecule has 0 aliphatic carbocycles. The van der Waals surface area contributed by atoms with Gasteiger partial charge in [0.25, 0.3) is 0 Å². The Balaban J connectivity index is 1.82. The second-order valence-corrected chi connectivity index (χ2v) is 6.35. The van der Waals surface area contributed by atoms with E-state index in [1.807, 2.05) is 0 Å². The molecule has 0 radical (unpaired) electrons. The van der Waals surface area contributed by atoms with E-state index in [-0.39, 0.29) is 0 Å². The zero-order valence-electron chi connectivity index (χ0n) is 13.4. The lowest BCUT2D eigenvalue weighted by atomic mass is 10.2. The topological polar surface area (TPSA) is 14.7 Å². The molecule has 1 aromatic heterocycles. The third-order valence-electron chi connectivity index (χ3n) is 4.41. The largest absolute Gasteiger partial charge is 0.369 e. The smallest absolute Gasteiger partial charge is 0.0501 e. The van der Waals surface area contributed by atoms with Crippen LogP contribution in [-0.4, -0.2) is 68.2 Å². The fourth-order valence-electron chi connectivity index (χ4n) is 2.94. The van der Waals surface area contributed by atoms with E-state index < -0.39 is 0 Å². The van der Waals surface area contributed by atoms with Gasteiger partial charge in [0.05, 0.1) is 5.52 Å². The Labute approximate surface area is 127 Å². The van der Waals surface area contributed by atoms with Gasteiger partial charge in [0.15, 0.2) is 0 Å². The molecule has 0 unspecified atom stereocenters. The number of anilines is 1. The molecule has 4 heteroatoms.